The Hall–Kier alpha value is -1.12. The second kappa shape index (κ2) is 4.63. The first kappa shape index (κ1) is 12.3. The van der Waals surface area contributed by atoms with E-state index in [4.69, 9.17) is 10.8 Å². The fraction of sp³-hybridized carbons (Fsp3) is 0.556. The zero-order valence-corrected chi connectivity index (χ0v) is 9.55. The quantitative estimate of drug-likeness (QED) is 0.640. The molecule has 1 aromatic heterocycles. The Labute approximate surface area is 100 Å². The van der Waals surface area contributed by atoms with Crippen molar-refractivity contribution in [1.29, 1.82) is 0 Å². The predicted octanol–water partition coefficient (Wildman–Crippen LogP) is -0.869. The average Bonchev–Trinajstić information content (AvgIpc) is 2.57. The normalized spacial score (nSPS) is 32.9. The number of nitrogens with zero attached hydrogens (tertiary/aromatic N) is 2. The lowest BCUT2D eigenvalue weighted by atomic mass is 10.1. The summed E-state index contributed by atoms with van der Waals surface area (Å²) < 4.78 is 14.9. The van der Waals surface area contributed by atoms with Gasteiger partial charge in [-0.1, -0.05) is 0 Å². The summed E-state index contributed by atoms with van der Waals surface area (Å²) in [4.78, 5) is 15.0. The standard InChI is InChI=1S/C9H12FN3O3S/c10-6-7(15)4(3-14)17-8(6)13-2-1-5(11)12-9(13)16/h1-2,4,6-8,14-15H,3H2,(H2,11,12,16)/t4?,6-,7+,8+/m0/s1. The molecule has 0 aliphatic carbocycles. The first-order valence-corrected chi connectivity index (χ1v) is 5.92. The van der Waals surface area contributed by atoms with Gasteiger partial charge in [-0.25, -0.2) is 9.18 Å². The molecule has 0 saturated carbocycles. The molecule has 1 aliphatic rings. The lowest BCUT2D eigenvalue weighted by Crippen LogP contribution is -2.33. The van der Waals surface area contributed by atoms with Crippen LogP contribution in [0.4, 0.5) is 10.2 Å². The number of hydrogen-bond acceptors (Lipinski definition) is 6. The molecule has 6 nitrogen and oxygen atoms in total. The second-order valence-electron chi connectivity index (χ2n) is 3.72. The van der Waals surface area contributed by atoms with Crippen LogP contribution >= 0.6 is 11.8 Å². The van der Waals surface area contributed by atoms with Crippen molar-refractivity contribution in [3.63, 3.8) is 0 Å². The summed E-state index contributed by atoms with van der Waals surface area (Å²) in [7, 11) is 0. The number of aliphatic hydroxyl groups excluding tert-OH is 2. The molecule has 0 bridgehead atoms. The maximum atomic E-state index is 13.8. The maximum absolute atomic E-state index is 13.8. The van der Waals surface area contributed by atoms with Crippen LogP contribution < -0.4 is 11.4 Å². The van der Waals surface area contributed by atoms with Gasteiger partial charge < -0.3 is 15.9 Å². The Kier molecular flexibility index (Phi) is 3.36. The van der Waals surface area contributed by atoms with Crippen molar-refractivity contribution in [3.05, 3.63) is 22.7 Å². The van der Waals surface area contributed by atoms with Gasteiger partial charge in [0.05, 0.1) is 11.9 Å². The molecule has 2 heterocycles. The fourth-order valence-corrected chi connectivity index (χ4v) is 3.06. The Morgan fingerprint density at radius 3 is 2.88 bits per heavy atom. The van der Waals surface area contributed by atoms with Gasteiger partial charge in [-0.2, -0.15) is 4.98 Å². The first-order chi connectivity index (χ1) is 8.04. The van der Waals surface area contributed by atoms with Gasteiger partial charge >= 0.3 is 5.69 Å². The van der Waals surface area contributed by atoms with E-state index in [2.05, 4.69) is 4.98 Å². The largest absolute Gasteiger partial charge is 0.395 e. The van der Waals surface area contributed by atoms with E-state index in [-0.39, 0.29) is 12.4 Å². The highest BCUT2D eigenvalue weighted by Crippen LogP contribution is 2.42. The summed E-state index contributed by atoms with van der Waals surface area (Å²) in [5, 5.41) is 17.0. The van der Waals surface area contributed by atoms with E-state index in [1.54, 1.807) is 0 Å². The molecular weight excluding hydrogens is 249 g/mol. The van der Waals surface area contributed by atoms with E-state index in [0.29, 0.717) is 0 Å². The molecule has 1 unspecified atom stereocenters. The summed E-state index contributed by atoms with van der Waals surface area (Å²) in [5.74, 6) is 0.0592. The third-order valence-corrected chi connectivity index (χ3v) is 4.14. The Morgan fingerprint density at radius 1 is 1.65 bits per heavy atom. The van der Waals surface area contributed by atoms with Crippen LogP contribution in [-0.2, 0) is 0 Å². The molecule has 0 spiro atoms. The third kappa shape index (κ3) is 2.15. The summed E-state index contributed by atoms with van der Waals surface area (Å²) in [5.41, 5.74) is 4.66. The molecule has 4 atom stereocenters. The number of rotatable bonds is 2. The summed E-state index contributed by atoms with van der Waals surface area (Å²) >= 11 is 1.01. The number of nitrogens with two attached hydrogens (primary N) is 1. The molecule has 8 heteroatoms. The minimum absolute atomic E-state index is 0.0592. The smallest absolute Gasteiger partial charge is 0.350 e. The van der Waals surface area contributed by atoms with Crippen molar-refractivity contribution in [3.8, 4) is 0 Å². The molecule has 0 radical (unpaired) electrons. The monoisotopic (exact) mass is 261 g/mol. The number of thioether (sulfide) groups is 1. The molecule has 1 aliphatic heterocycles. The molecule has 2 rings (SSSR count). The average molecular weight is 261 g/mol. The van der Waals surface area contributed by atoms with Gasteiger partial charge in [0, 0.05) is 6.20 Å². The highest BCUT2D eigenvalue weighted by Gasteiger charge is 2.44. The first-order valence-electron chi connectivity index (χ1n) is 4.97. The summed E-state index contributed by atoms with van der Waals surface area (Å²) in [6.45, 7) is -0.347. The van der Waals surface area contributed by atoms with E-state index in [0.717, 1.165) is 16.3 Å². The van der Waals surface area contributed by atoms with Gasteiger partial charge in [-0.05, 0) is 6.07 Å². The van der Waals surface area contributed by atoms with Crippen LogP contribution in [0.5, 0.6) is 0 Å². The zero-order valence-electron chi connectivity index (χ0n) is 8.73. The highest BCUT2D eigenvalue weighted by molar-refractivity contribution is 8.00. The van der Waals surface area contributed by atoms with E-state index >= 15 is 0 Å². The van der Waals surface area contributed by atoms with E-state index < -0.39 is 28.6 Å². The molecule has 0 amide bonds. The topological polar surface area (TPSA) is 101 Å². The van der Waals surface area contributed by atoms with Crippen LogP contribution in [0, 0.1) is 0 Å². The Morgan fingerprint density at radius 2 is 2.35 bits per heavy atom. The van der Waals surface area contributed by atoms with Crippen molar-refractivity contribution in [2.45, 2.75) is 22.9 Å². The molecule has 17 heavy (non-hydrogen) atoms. The lowest BCUT2D eigenvalue weighted by molar-refractivity contribution is 0.0631. The number of halogens is 1. The highest BCUT2D eigenvalue weighted by atomic mass is 32.2. The van der Waals surface area contributed by atoms with E-state index in [1.807, 2.05) is 0 Å². The van der Waals surface area contributed by atoms with Crippen LogP contribution in [0.2, 0.25) is 0 Å². The molecular formula is C9H12FN3O3S. The van der Waals surface area contributed by atoms with Crippen LogP contribution in [0.3, 0.4) is 0 Å². The van der Waals surface area contributed by atoms with Gasteiger partial charge in [0.25, 0.3) is 0 Å². The molecule has 1 aromatic rings. The van der Waals surface area contributed by atoms with E-state index in [9.17, 15) is 14.3 Å². The van der Waals surface area contributed by atoms with E-state index in [1.165, 1.54) is 12.3 Å². The van der Waals surface area contributed by atoms with Gasteiger partial charge in [-0.3, -0.25) is 4.57 Å². The Bertz CT molecular complexity index is 469. The van der Waals surface area contributed by atoms with Gasteiger partial charge in [0.1, 0.15) is 17.3 Å². The molecule has 0 aromatic carbocycles. The zero-order chi connectivity index (χ0) is 12.6. The van der Waals surface area contributed by atoms with Crippen LogP contribution in [0.1, 0.15) is 5.37 Å². The lowest BCUT2D eigenvalue weighted by Gasteiger charge is -2.15. The third-order valence-electron chi connectivity index (χ3n) is 2.60. The van der Waals surface area contributed by atoms with Gasteiger partial charge in [-0.15, -0.1) is 11.8 Å². The summed E-state index contributed by atoms with van der Waals surface area (Å²) in [6, 6.07) is 1.38. The minimum atomic E-state index is -1.62. The molecule has 1 saturated heterocycles. The SMILES string of the molecule is Nc1ccn([C@@H]2SC(CO)[C@@H](O)[C@@H]2F)c(=O)n1. The van der Waals surface area contributed by atoms with Crippen LogP contribution in [0.15, 0.2) is 17.1 Å². The van der Waals surface area contributed by atoms with Crippen LogP contribution in [0.25, 0.3) is 0 Å². The number of nitrogen functional groups attached to an aromatic ring is 1. The van der Waals surface area contributed by atoms with Crippen molar-refractivity contribution < 1.29 is 14.6 Å². The van der Waals surface area contributed by atoms with Crippen LogP contribution in [-0.4, -0.2) is 43.9 Å². The molecule has 1 fully saturated rings. The molecule has 4 N–H and O–H groups in total. The summed E-state index contributed by atoms with van der Waals surface area (Å²) in [6.07, 6.45) is -1.58. The maximum Gasteiger partial charge on any atom is 0.350 e. The number of alkyl halides is 1. The van der Waals surface area contributed by atoms with Crippen molar-refractivity contribution >= 4 is 17.6 Å². The van der Waals surface area contributed by atoms with Gasteiger partial charge in [0.2, 0.25) is 0 Å². The predicted molar refractivity (Wildman–Crippen MR) is 61.3 cm³/mol. The number of hydrogen-bond donors (Lipinski definition) is 3. The molecule has 94 valence electrons. The van der Waals surface area contributed by atoms with Crippen molar-refractivity contribution in [2.24, 2.45) is 0 Å². The minimum Gasteiger partial charge on any atom is -0.395 e. The number of aromatic nitrogens is 2. The number of aliphatic hydroxyl groups is 2. The Balaban J connectivity index is 2.32. The number of anilines is 1. The fourth-order valence-electron chi connectivity index (χ4n) is 1.70. The van der Waals surface area contributed by atoms with Crippen molar-refractivity contribution in [1.82, 2.24) is 9.55 Å². The van der Waals surface area contributed by atoms with Gasteiger partial charge in [0.15, 0.2) is 6.17 Å². The van der Waals surface area contributed by atoms with Crippen molar-refractivity contribution in [2.75, 3.05) is 12.3 Å². The second-order valence-corrected chi connectivity index (χ2v) is 5.09.